The maximum atomic E-state index is 13.5. The second-order valence-corrected chi connectivity index (χ2v) is 6.09. The van der Waals surface area contributed by atoms with Crippen LogP contribution in [0.1, 0.15) is 19.4 Å². The molecule has 0 aromatic heterocycles. The van der Waals surface area contributed by atoms with Crippen molar-refractivity contribution < 1.29 is 12.8 Å². The van der Waals surface area contributed by atoms with Crippen molar-refractivity contribution >= 4 is 9.84 Å². The third-order valence-electron chi connectivity index (χ3n) is 2.02. The van der Waals surface area contributed by atoms with E-state index in [4.69, 9.17) is 5.73 Å². The van der Waals surface area contributed by atoms with Gasteiger partial charge in [0.1, 0.15) is 5.82 Å². The molecule has 84 valence electrons. The number of sulfone groups is 1. The van der Waals surface area contributed by atoms with Gasteiger partial charge in [-0.15, -0.1) is 0 Å². The van der Waals surface area contributed by atoms with E-state index in [9.17, 15) is 12.8 Å². The normalized spacial score (nSPS) is 12.9. The minimum absolute atomic E-state index is 0.0347. The zero-order valence-electron chi connectivity index (χ0n) is 8.91. The van der Waals surface area contributed by atoms with Crippen LogP contribution < -0.4 is 5.73 Å². The van der Waals surface area contributed by atoms with Crippen LogP contribution in [0, 0.1) is 5.82 Å². The van der Waals surface area contributed by atoms with Crippen molar-refractivity contribution in [3.63, 3.8) is 0 Å². The Balaban J connectivity index is 3.63. The Labute approximate surface area is 89.0 Å². The lowest BCUT2D eigenvalue weighted by molar-refractivity contribution is 0.486. The van der Waals surface area contributed by atoms with E-state index in [1.165, 1.54) is 18.2 Å². The van der Waals surface area contributed by atoms with Crippen molar-refractivity contribution in [2.75, 3.05) is 6.26 Å². The fourth-order valence-electron chi connectivity index (χ4n) is 1.44. The van der Waals surface area contributed by atoms with E-state index in [0.717, 1.165) is 6.26 Å². The molecule has 0 aliphatic heterocycles. The van der Waals surface area contributed by atoms with Gasteiger partial charge in [-0.25, -0.2) is 12.8 Å². The third kappa shape index (κ3) is 2.54. The van der Waals surface area contributed by atoms with Crippen molar-refractivity contribution in [3.8, 4) is 0 Å². The number of hydrogen-bond donors (Lipinski definition) is 1. The van der Waals surface area contributed by atoms with E-state index in [2.05, 4.69) is 0 Å². The summed E-state index contributed by atoms with van der Waals surface area (Å²) in [7, 11) is -3.46. The molecule has 0 radical (unpaired) electrons. The number of halogens is 1. The second kappa shape index (κ2) is 3.57. The van der Waals surface area contributed by atoms with Crippen LogP contribution in [0.25, 0.3) is 0 Å². The fraction of sp³-hybridized carbons (Fsp3) is 0.400. The third-order valence-corrected chi connectivity index (χ3v) is 3.16. The Morgan fingerprint density at radius 3 is 2.20 bits per heavy atom. The summed E-state index contributed by atoms with van der Waals surface area (Å²) in [6.45, 7) is 3.14. The number of hydrogen-bond acceptors (Lipinski definition) is 3. The summed E-state index contributed by atoms with van der Waals surface area (Å²) in [5.41, 5.74) is 4.76. The maximum absolute atomic E-state index is 13.5. The van der Waals surface area contributed by atoms with Gasteiger partial charge in [0.25, 0.3) is 0 Å². The topological polar surface area (TPSA) is 60.2 Å². The molecule has 0 saturated heterocycles. The highest BCUT2D eigenvalue weighted by Crippen LogP contribution is 2.27. The molecule has 0 aliphatic carbocycles. The van der Waals surface area contributed by atoms with Crippen molar-refractivity contribution in [3.05, 3.63) is 29.6 Å². The molecule has 0 spiro atoms. The fourth-order valence-corrected chi connectivity index (χ4v) is 2.50. The molecule has 1 rings (SSSR count). The second-order valence-electron chi connectivity index (χ2n) is 4.11. The summed E-state index contributed by atoms with van der Waals surface area (Å²) >= 11 is 0. The van der Waals surface area contributed by atoms with Gasteiger partial charge in [-0.2, -0.15) is 0 Å². The zero-order chi connectivity index (χ0) is 11.9. The molecule has 0 aliphatic rings. The van der Waals surface area contributed by atoms with Crippen LogP contribution in [-0.2, 0) is 15.4 Å². The molecule has 2 N–H and O–H groups in total. The molecule has 0 unspecified atom stereocenters. The molecule has 1 aromatic carbocycles. The summed E-state index contributed by atoms with van der Waals surface area (Å²) in [5.74, 6) is -0.592. The standard InChI is InChI=1S/C10H14FNO2S/c1-10(2,12)9-7(11)5-4-6-8(9)15(3,13)14/h4-6H,12H2,1-3H3. The molecule has 0 saturated carbocycles. The SMILES string of the molecule is CC(C)(N)c1c(F)cccc1S(C)(=O)=O. The average Bonchev–Trinajstić information content (AvgIpc) is 1.99. The van der Waals surface area contributed by atoms with Gasteiger partial charge in [0.15, 0.2) is 9.84 Å². The van der Waals surface area contributed by atoms with Crippen molar-refractivity contribution in [2.24, 2.45) is 5.73 Å². The monoisotopic (exact) mass is 231 g/mol. The van der Waals surface area contributed by atoms with Gasteiger partial charge in [0, 0.05) is 17.4 Å². The van der Waals surface area contributed by atoms with Gasteiger partial charge in [-0.05, 0) is 26.0 Å². The molecule has 5 heteroatoms. The minimum atomic E-state index is -3.46. The average molecular weight is 231 g/mol. The van der Waals surface area contributed by atoms with Crippen LogP contribution in [0.3, 0.4) is 0 Å². The Kier molecular flexibility index (Phi) is 2.89. The van der Waals surface area contributed by atoms with Gasteiger partial charge >= 0.3 is 0 Å². The molecule has 1 aromatic rings. The van der Waals surface area contributed by atoms with Crippen molar-refractivity contribution in [1.29, 1.82) is 0 Å². The molecule has 0 fully saturated rings. The Hall–Kier alpha value is -0.940. The quantitative estimate of drug-likeness (QED) is 0.837. The van der Waals surface area contributed by atoms with Gasteiger partial charge in [0.05, 0.1) is 4.90 Å². The molecule has 3 nitrogen and oxygen atoms in total. The molecular formula is C10H14FNO2S. The largest absolute Gasteiger partial charge is 0.322 e. The smallest absolute Gasteiger partial charge is 0.175 e. The van der Waals surface area contributed by atoms with E-state index in [1.807, 2.05) is 0 Å². The van der Waals surface area contributed by atoms with E-state index >= 15 is 0 Å². The Bertz CT molecular complexity index is 475. The maximum Gasteiger partial charge on any atom is 0.175 e. The van der Waals surface area contributed by atoms with E-state index in [1.54, 1.807) is 13.8 Å². The molecule has 0 atom stereocenters. The molecule has 0 amide bonds. The summed E-state index contributed by atoms with van der Waals surface area (Å²) in [6, 6.07) is 3.93. The first-order chi connectivity index (χ1) is 6.64. The lowest BCUT2D eigenvalue weighted by Crippen LogP contribution is -2.32. The van der Waals surface area contributed by atoms with Gasteiger partial charge < -0.3 is 5.73 Å². The minimum Gasteiger partial charge on any atom is -0.322 e. The van der Waals surface area contributed by atoms with Crippen LogP contribution in [0.15, 0.2) is 23.1 Å². The Morgan fingerprint density at radius 1 is 1.33 bits per heavy atom. The summed E-state index contributed by atoms with van der Waals surface area (Å²) in [4.78, 5) is -0.0463. The Morgan fingerprint density at radius 2 is 1.87 bits per heavy atom. The number of rotatable bonds is 2. The lowest BCUT2D eigenvalue weighted by Gasteiger charge is -2.22. The highest BCUT2D eigenvalue weighted by molar-refractivity contribution is 7.90. The van der Waals surface area contributed by atoms with E-state index < -0.39 is 21.2 Å². The van der Waals surface area contributed by atoms with Crippen LogP contribution in [0.2, 0.25) is 0 Å². The first-order valence-corrected chi connectivity index (χ1v) is 6.31. The van der Waals surface area contributed by atoms with E-state index in [-0.39, 0.29) is 10.5 Å². The number of benzene rings is 1. The summed E-state index contributed by atoms with van der Waals surface area (Å²) in [5, 5.41) is 0. The van der Waals surface area contributed by atoms with Gasteiger partial charge in [-0.3, -0.25) is 0 Å². The van der Waals surface area contributed by atoms with Gasteiger partial charge in [-0.1, -0.05) is 6.07 Å². The predicted octanol–water partition coefficient (Wildman–Crippen LogP) is 1.42. The molecule has 0 heterocycles. The highest BCUT2D eigenvalue weighted by atomic mass is 32.2. The number of nitrogens with two attached hydrogens (primary N) is 1. The molecular weight excluding hydrogens is 217 g/mol. The first kappa shape index (κ1) is 12.1. The van der Waals surface area contributed by atoms with Crippen LogP contribution in [-0.4, -0.2) is 14.7 Å². The van der Waals surface area contributed by atoms with Gasteiger partial charge in [0.2, 0.25) is 0 Å². The zero-order valence-corrected chi connectivity index (χ0v) is 9.73. The van der Waals surface area contributed by atoms with Crippen molar-refractivity contribution in [1.82, 2.24) is 0 Å². The van der Waals surface area contributed by atoms with E-state index in [0.29, 0.717) is 0 Å². The highest BCUT2D eigenvalue weighted by Gasteiger charge is 2.26. The lowest BCUT2D eigenvalue weighted by atomic mass is 9.95. The summed E-state index contributed by atoms with van der Waals surface area (Å²) < 4.78 is 36.4. The predicted molar refractivity (Wildman–Crippen MR) is 56.7 cm³/mol. The molecule has 15 heavy (non-hydrogen) atoms. The first-order valence-electron chi connectivity index (χ1n) is 4.42. The van der Waals surface area contributed by atoms with Crippen LogP contribution in [0.4, 0.5) is 4.39 Å². The van der Waals surface area contributed by atoms with Crippen molar-refractivity contribution in [2.45, 2.75) is 24.3 Å². The molecule has 0 bridgehead atoms. The van der Waals surface area contributed by atoms with Crippen LogP contribution >= 0.6 is 0 Å². The van der Waals surface area contributed by atoms with Crippen LogP contribution in [0.5, 0.6) is 0 Å². The summed E-state index contributed by atoms with van der Waals surface area (Å²) in [6.07, 6.45) is 1.04.